The second kappa shape index (κ2) is 5.68. The summed E-state index contributed by atoms with van der Waals surface area (Å²) in [4.78, 5) is 24.9. The quantitative estimate of drug-likeness (QED) is 0.871. The molecule has 1 atom stereocenters. The van der Waals surface area contributed by atoms with Gasteiger partial charge in [0, 0.05) is 19.2 Å². The van der Waals surface area contributed by atoms with Gasteiger partial charge in [-0.05, 0) is 43.5 Å². The summed E-state index contributed by atoms with van der Waals surface area (Å²) in [5.41, 5.74) is 0.419. The number of nitrogens with zero attached hydrogens (tertiary/aromatic N) is 1. The highest BCUT2D eigenvalue weighted by molar-refractivity contribution is 5.95. The van der Waals surface area contributed by atoms with Crippen LogP contribution in [0, 0.1) is 11.2 Å². The molecule has 0 saturated carbocycles. The molecule has 1 aliphatic heterocycles. The molecular formula is C16H18FNO3. The van der Waals surface area contributed by atoms with Gasteiger partial charge in [-0.1, -0.05) is 12.1 Å². The number of allylic oxidation sites excluding steroid dienone is 1. The standard InChI is InChI=1S/C16H18FNO3/c1-11(12-4-3-5-13(17)9-12)8-14(19)18-7-6-16(2,10-18)15(20)21/h3-5,8-9H,6-7,10H2,1-2H3,(H,20,21)/b11-8+. The van der Waals surface area contributed by atoms with Gasteiger partial charge >= 0.3 is 5.97 Å². The van der Waals surface area contributed by atoms with E-state index in [0.29, 0.717) is 24.1 Å². The van der Waals surface area contributed by atoms with Crippen molar-refractivity contribution >= 4 is 17.4 Å². The summed E-state index contributed by atoms with van der Waals surface area (Å²) in [7, 11) is 0. The first-order valence-corrected chi connectivity index (χ1v) is 6.78. The Morgan fingerprint density at radius 1 is 1.43 bits per heavy atom. The van der Waals surface area contributed by atoms with Crippen LogP contribution in [0.4, 0.5) is 4.39 Å². The molecule has 2 rings (SSSR count). The summed E-state index contributed by atoms with van der Waals surface area (Å²) in [5, 5.41) is 9.17. The molecule has 1 aromatic rings. The van der Waals surface area contributed by atoms with Gasteiger partial charge in [0.1, 0.15) is 5.82 Å². The number of aliphatic carboxylic acids is 1. The maximum Gasteiger partial charge on any atom is 0.311 e. The minimum atomic E-state index is -0.886. The van der Waals surface area contributed by atoms with Crippen LogP contribution in [-0.2, 0) is 9.59 Å². The Bertz CT molecular complexity index is 611. The topological polar surface area (TPSA) is 57.6 Å². The number of carboxylic acids is 1. The second-order valence-electron chi connectivity index (χ2n) is 5.71. The van der Waals surface area contributed by atoms with E-state index in [9.17, 15) is 14.0 Å². The average Bonchev–Trinajstić information content (AvgIpc) is 2.83. The van der Waals surface area contributed by atoms with Crippen LogP contribution in [0.5, 0.6) is 0 Å². The fraction of sp³-hybridized carbons (Fsp3) is 0.375. The Labute approximate surface area is 122 Å². The van der Waals surface area contributed by atoms with Gasteiger partial charge in [-0.2, -0.15) is 0 Å². The first-order valence-electron chi connectivity index (χ1n) is 6.78. The number of carboxylic acid groups (broad SMARTS) is 1. The third kappa shape index (κ3) is 3.29. The van der Waals surface area contributed by atoms with Crippen LogP contribution < -0.4 is 0 Å². The highest BCUT2D eigenvalue weighted by Crippen LogP contribution is 2.30. The lowest BCUT2D eigenvalue weighted by Gasteiger charge is -2.19. The first kappa shape index (κ1) is 15.2. The maximum atomic E-state index is 13.2. The molecule has 1 N–H and O–H groups in total. The predicted octanol–water partition coefficient (Wildman–Crippen LogP) is 2.55. The van der Waals surface area contributed by atoms with E-state index in [2.05, 4.69) is 0 Å². The van der Waals surface area contributed by atoms with Gasteiger partial charge in [-0.3, -0.25) is 9.59 Å². The zero-order valence-corrected chi connectivity index (χ0v) is 12.1. The van der Waals surface area contributed by atoms with Crippen molar-refractivity contribution in [1.29, 1.82) is 0 Å². The summed E-state index contributed by atoms with van der Waals surface area (Å²) in [5.74, 6) is -1.47. The van der Waals surface area contributed by atoms with Crippen LogP contribution in [0.1, 0.15) is 25.8 Å². The van der Waals surface area contributed by atoms with Crippen LogP contribution >= 0.6 is 0 Å². The minimum Gasteiger partial charge on any atom is -0.481 e. The molecule has 1 aliphatic rings. The number of carbonyl (C=O) groups is 2. The Balaban J connectivity index is 2.11. The van der Waals surface area contributed by atoms with Crippen molar-refractivity contribution in [2.75, 3.05) is 13.1 Å². The Kier molecular flexibility index (Phi) is 4.11. The lowest BCUT2D eigenvalue weighted by Crippen LogP contribution is -2.34. The van der Waals surface area contributed by atoms with Crippen LogP contribution in [0.15, 0.2) is 30.3 Å². The Morgan fingerprint density at radius 2 is 2.14 bits per heavy atom. The van der Waals surface area contributed by atoms with E-state index in [1.807, 2.05) is 0 Å². The molecule has 5 heteroatoms. The molecule has 0 aliphatic carbocycles. The molecule has 0 bridgehead atoms. The Morgan fingerprint density at radius 3 is 2.71 bits per heavy atom. The molecule has 0 spiro atoms. The molecule has 1 amide bonds. The highest BCUT2D eigenvalue weighted by atomic mass is 19.1. The molecule has 1 saturated heterocycles. The predicted molar refractivity (Wildman–Crippen MR) is 77.0 cm³/mol. The number of rotatable bonds is 3. The third-order valence-corrected chi connectivity index (χ3v) is 3.92. The van der Waals surface area contributed by atoms with Gasteiger partial charge in [-0.25, -0.2) is 4.39 Å². The molecule has 0 radical (unpaired) electrons. The average molecular weight is 291 g/mol. The van der Waals surface area contributed by atoms with Gasteiger partial charge < -0.3 is 10.0 Å². The SMILES string of the molecule is C/C(=C\C(=O)N1CCC(C)(C(=O)O)C1)c1cccc(F)c1. The molecule has 1 aromatic carbocycles. The summed E-state index contributed by atoms with van der Waals surface area (Å²) < 4.78 is 13.2. The lowest BCUT2D eigenvalue weighted by molar-refractivity contribution is -0.147. The van der Waals surface area contributed by atoms with Crippen LogP contribution in [-0.4, -0.2) is 35.0 Å². The van der Waals surface area contributed by atoms with Crippen LogP contribution in [0.3, 0.4) is 0 Å². The molecule has 1 heterocycles. The van der Waals surface area contributed by atoms with E-state index in [-0.39, 0.29) is 18.3 Å². The van der Waals surface area contributed by atoms with Crippen LogP contribution in [0.25, 0.3) is 5.57 Å². The molecular weight excluding hydrogens is 273 g/mol. The number of hydrogen-bond acceptors (Lipinski definition) is 2. The smallest absolute Gasteiger partial charge is 0.311 e. The van der Waals surface area contributed by atoms with Gasteiger partial charge in [0.2, 0.25) is 5.91 Å². The van der Waals surface area contributed by atoms with Gasteiger partial charge in [0.25, 0.3) is 0 Å². The fourth-order valence-corrected chi connectivity index (χ4v) is 2.42. The van der Waals surface area contributed by atoms with Crippen molar-refractivity contribution in [1.82, 2.24) is 4.90 Å². The molecule has 21 heavy (non-hydrogen) atoms. The van der Waals surface area contributed by atoms with Crippen molar-refractivity contribution in [3.05, 3.63) is 41.7 Å². The first-order chi connectivity index (χ1) is 9.82. The molecule has 112 valence electrons. The normalized spacial score (nSPS) is 22.4. The summed E-state index contributed by atoms with van der Waals surface area (Å²) >= 11 is 0. The number of amides is 1. The van der Waals surface area contributed by atoms with Crippen LogP contribution in [0.2, 0.25) is 0 Å². The summed E-state index contributed by atoms with van der Waals surface area (Å²) in [6, 6.07) is 6.03. The van der Waals surface area contributed by atoms with Gasteiger partial charge in [-0.15, -0.1) is 0 Å². The summed E-state index contributed by atoms with van der Waals surface area (Å²) in [6.45, 7) is 4.01. The van der Waals surface area contributed by atoms with E-state index in [4.69, 9.17) is 5.11 Å². The maximum absolute atomic E-state index is 13.2. The number of benzene rings is 1. The van der Waals surface area contributed by atoms with Crippen molar-refractivity contribution in [3.8, 4) is 0 Å². The van der Waals surface area contributed by atoms with Crippen molar-refractivity contribution in [2.24, 2.45) is 5.41 Å². The highest BCUT2D eigenvalue weighted by Gasteiger charge is 2.41. The van der Waals surface area contributed by atoms with Gasteiger partial charge in [0.05, 0.1) is 5.41 Å². The number of likely N-dealkylation sites (tertiary alicyclic amines) is 1. The lowest BCUT2D eigenvalue weighted by atomic mass is 9.90. The Hall–Kier alpha value is -2.17. The van der Waals surface area contributed by atoms with Crippen molar-refractivity contribution in [2.45, 2.75) is 20.3 Å². The van der Waals surface area contributed by atoms with E-state index in [0.717, 1.165) is 0 Å². The molecule has 0 aromatic heterocycles. The monoisotopic (exact) mass is 291 g/mol. The minimum absolute atomic E-state index is 0.202. The van der Waals surface area contributed by atoms with E-state index in [1.165, 1.54) is 23.1 Å². The zero-order chi connectivity index (χ0) is 15.6. The van der Waals surface area contributed by atoms with E-state index >= 15 is 0 Å². The number of hydrogen-bond donors (Lipinski definition) is 1. The van der Waals surface area contributed by atoms with Crippen molar-refractivity contribution in [3.63, 3.8) is 0 Å². The van der Waals surface area contributed by atoms with Crippen molar-refractivity contribution < 1.29 is 19.1 Å². The second-order valence-corrected chi connectivity index (χ2v) is 5.71. The number of halogens is 1. The van der Waals surface area contributed by atoms with E-state index < -0.39 is 11.4 Å². The number of carbonyl (C=O) groups excluding carboxylic acids is 1. The largest absolute Gasteiger partial charge is 0.481 e. The van der Waals surface area contributed by atoms with E-state index in [1.54, 1.807) is 26.0 Å². The molecule has 1 fully saturated rings. The zero-order valence-electron chi connectivity index (χ0n) is 12.1. The third-order valence-electron chi connectivity index (χ3n) is 3.92. The fourth-order valence-electron chi connectivity index (χ4n) is 2.42. The van der Waals surface area contributed by atoms with Gasteiger partial charge in [0.15, 0.2) is 0 Å². The molecule has 4 nitrogen and oxygen atoms in total. The molecule has 1 unspecified atom stereocenters. The summed E-state index contributed by atoms with van der Waals surface area (Å²) in [6.07, 6.45) is 1.88.